The Morgan fingerprint density at radius 2 is 1.52 bits per heavy atom. The number of nitrogens with zero attached hydrogens (tertiary/aromatic N) is 2. The fraction of sp³-hybridized carbons (Fsp3) is 0.115. The number of rotatable bonds is 6. The van der Waals surface area contributed by atoms with Crippen molar-refractivity contribution in [3.63, 3.8) is 0 Å². The Morgan fingerprint density at radius 1 is 0.909 bits per heavy atom. The third kappa shape index (κ3) is 3.96. The van der Waals surface area contributed by atoms with Crippen LogP contribution in [0.15, 0.2) is 85.2 Å². The number of aromatic nitrogens is 2. The van der Waals surface area contributed by atoms with E-state index in [4.69, 9.17) is 4.74 Å². The second-order valence-corrected chi connectivity index (χ2v) is 7.81. The lowest BCUT2D eigenvalue weighted by Crippen LogP contribution is -2.21. The van der Waals surface area contributed by atoms with Gasteiger partial charge in [0.05, 0.1) is 12.9 Å². The number of anilines is 1. The number of amides is 1. The molecule has 0 saturated heterocycles. The van der Waals surface area contributed by atoms with Gasteiger partial charge in [-0.2, -0.15) is 0 Å². The summed E-state index contributed by atoms with van der Waals surface area (Å²) in [5.41, 5.74) is 5.19. The van der Waals surface area contributed by atoms with E-state index in [1.807, 2.05) is 66.7 Å². The van der Waals surface area contributed by atoms with Gasteiger partial charge in [0, 0.05) is 5.92 Å². The molecule has 33 heavy (non-hydrogen) atoms. The van der Waals surface area contributed by atoms with Gasteiger partial charge in [0.1, 0.15) is 6.61 Å². The van der Waals surface area contributed by atoms with E-state index < -0.39 is 12.1 Å². The summed E-state index contributed by atoms with van der Waals surface area (Å²) in [6.45, 7) is 0.495. The second kappa shape index (κ2) is 8.63. The average Bonchev–Trinajstić information content (AvgIpc) is 3.37. The lowest BCUT2D eigenvalue weighted by Gasteiger charge is -2.15. The smallest absolute Gasteiger partial charge is 0.412 e. The molecule has 7 nitrogen and oxygen atoms in total. The number of hydrogen-bond acceptors (Lipinski definition) is 4. The van der Waals surface area contributed by atoms with Crippen LogP contribution >= 0.6 is 0 Å². The Kier molecular flexibility index (Phi) is 5.36. The van der Waals surface area contributed by atoms with Crippen molar-refractivity contribution in [2.75, 3.05) is 11.9 Å². The maximum atomic E-state index is 12.7. The van der Waals surface area contributed by atoms with Gasteiger partial charge in [0.25, 0.3) is 0 Å². The minimum Gasteiger partial charge on any atom is -0.476 e. The highest BCUT2D eigenvalue weighted by atomic mass is 16.5. The van der Waals surface area contributed by atoms with Crippen LogP contribution in [0.5, 0.6) is 0 Å². The van der Waals surface area contributed by atoms with Crippen molar-refractivity contribution >= 4 is 17.9 Å². The molecular formula is C26H21N3O4. The Labute approximate surface area is 190 Å². The molecule has 1 aromatic heterocycles. The number of imidazole rings is 1. The van der Waals surface area contributed by atoms with Crippen LogP contribution in [0.4, 0.5) is 10.6 Å². The van der Waals surface area contributed by atoms with E-state index in [2.05, 4.69) is 22.4 Å². The van der Waals surface area contributed by atoms with E-state index in [0.717, 1.165) is 27.8 Å². The van der Waals surface area contributed by atoms with Gasteiger partial charge in [0.15, 0.2) is 11.5 Å². The Hall–Kier alpha value is -4.39. The van der Waals surface area contributed by atoms with Crippen molar-refractivity contribution in [1.82, 2.24) is 9.55 Å². The van der Waals surface area contributed by atoms with Crippen LogP contribution in [0.1, 0.15) is 33.1 Å². The van der Waals surface area contributed by atoms with Gasteiger partial charge in [-0.3, -0.25) is 5.32 Å². The number of ether oxygens (including phenoxy) is 1. The molecule has 3 aromatic carbocycles. The van der Waals surface area contributed by atoms with Gasteiger partial charge in [0.2, 0.25) is 0 Å². The number of carboxylic acids is 1. The molecule has 4 aromatic rings. The molecule has 5 rings (SSSR count). The molecule has 164 valence electrons. The fourth-order valence-corrected chi connectivity index (χ4v) is 4.30. The minimum absolute atomic E-state index is 0.0866. The van der Waals surface area contributed by atoms with E-state index >= 15 is 0 Å². The van der Waals surface area contributed by atoms with Gasteiger partial charge < -0.3 is 14.4 Å². The molecule has 1 amide bonds. The average molecular weight is 439 g/mol. The summed E-state index contributed by atoms with van der Waals surface area (Å²) in [5.74, 6) is -1.23. The standard InChI is InChI=1S/C26H21N3O4/c30-25(31)23-24(29(16-27-23)14-17-8-2-1-3-9-17)28-26(32)33-15-22-20-12-6-4-10-18(20)19-11-5-7-13-21(19)22/h1-13,16,22H,14-15H2,(H,28,32)(H,30,31). The predicted molar refractivity (Wildman–Crippen MR) is 123 cm³/mol. The number of carboxylic acid groups (broad SMARTS) is 1. The number of fused-ring (bicyclic) bond motifs is 3. The molecule has 0 unspecified atom stereocenters. The van der Waals surface area contributed by atoms with Gasteiger partial charge in [-0.1, -0.05) is 78.9 Å². The monoisotopic (exact) mass is 439 g/mol. The summed E-state index contributed by atoms with van der Waals surface area (Å²) < 4.78 is 7.15. The first-order valence-corrected chi connectivity index (χ1v) is 10.6. The third-order valence-electron chi connectivity index (χ3n) is 5.80. The molecule has 0 atom stereocenters. The fourth-order valence-electron chi connectivity index (χ4n) is 4.30. The van der Waals surface area contributed by atoms with Crippen molar-refractivity contribution in [3.05, 3.63) is 108 Å². The van der Waals surface area contributed by atoms with Gasteiger partial charge in [-0.15, -0.1) is 0 Å². The largest absolute Gasteiger partial charge is 0.476 e. The highest BCUT2D eigenvalue weighted by molar-refractivity contribution is 5.96. The maximum Gasteiger partial charge on any atom is 0.412 e. The highest BCUT2D eigenvalue weighted by Crippen LogP contribution is 2.44. The molecule has 1 aliphatic carbocycles. The van der Waals surface area contributed by atoms with E-state index in [-0.39, 0.29) is 24.0 Å². The van der Waals surface area contributed by atoms with Crippen LogP contribution in [-0.4, -0.2) is 33.3 Å². The molecule has 0 saturated carbocycles. The molecule has 1 heterocycles. The summed E-state index contributed by atoms with van der Waals surface area (Å²) in [7, 11) is 0. The van der Waals surface area contributed by atoms with Crippen molar-refractivity contribution in [2.45, 2.75) is 12.5 Å². The number of aromatic carboxylic acids is 1. The van der Waals surface area contributed by atoms with Gasteiger partial charge in [-0.25, -0.2) is 14.6 Å². The number of carbonyl (C=O) groups excluding carboxylic acids is 1. The summed E-state index contributed by atoms with van der Waals surface area (Å²) in [5, 5.41) is 12.1. The molecule has 0 aliphatic heterocycles. The molecule has 0 radical (unpaired) electrons. The van der Waals surface area contributed by atoms with Crippen LogP contribution in [0.25, 0.3) is 11.1 Å². The molecular weight excluding hydrogens is 418 g/mol. The molecule has 0 fully saturated rings. The lowest BCUT2D eigenvalue weighted by molar-refractivity contribution is 0.0692. The van der Waals surface area contributed by atoms with Crippen molar-refractivity contribution in [2.24, 2.45) is 0 Å². The number of nitrogens with one attached hydrogen (secondary N) is 1. The summed E-state index contributed by atoms with van der Waals surface area (Å²) in [4.78, 5) is 28.3. The van der Waals surface area contributed by atoms with Crippen molar-refractivity contribution in [1.29, 1.82) is 0 Å². The topological polar surface area (TPSA) is 93.5 Å². The van der Waals surface area contributed by atoms with Crippen LogP contribution < -0.4 is 5.32 Å². The van der Waals surface area contributed by atoms with Gasteiger partial charge >= 0.3 is 12.1 Å². The molecule has 7 heteroatoms. The quantitative estimate of drug-likeness (QED) is 0.441. The second-order valence-electron chi connectivity index (χ2n) is 7.81. The summed E-state index contributed by atoms with van der Waals surface area (Å²) in [6, 6.07) is 25.7. The van der Waals surface area contributed by atoms with Crippen LogP contribution in [0.3, 0.4) is 0 Å². The zero-order valence-corrected chi connectivity index (χ0v) is 17.6. The predicted octanol–water partition coefficient (Wildman–Crippen LogP) is 4.99. The van der Waals surface area contributed by atoms with E-state index in [9.17, 15) is 14.7 Å². The molecule has 0 spiro atoms. The van der Waals surface area contributed by atoms with E-state index in [0.29, 0.717) is 6.54 Å². The van der Waals surface area contributed by atoms with Crippen LogP contribution in [0, 0.1) is 0 Å². The van der Waals surface area contributed by atoms with E-state index in [1.165, 1.54) is 6.33 Å². The Morgan fingerprint density at radius 3 is 2.15 bits per heavy atom. The molecule has 2 N–H and O–H groups in total. The van der Waals surface area contributed by atoms with E-state index in [1.54, 1.807) is 4.57 Å². The Balaban J connectivity index is 1.34. The number of carbonyl (C=O) groups is 2. The first kappa shape index (κ1) is 20.5. The molecule has 0 bridgehead atoms. The first-order valence-electron chi connectivity index (χ1n) is 10.6. The van der Waals surface area contributed by atoms with Crippen molar-refractivity contribution < 1.29 is 19.4 Å². The lowest BCUT2D eigenvalue weighted by atomic mass is 9.98. The first-order chi connectivity index (χ1) is 16.1. The van der Waals surface area contributed by atoms with Crippen LogP contribution in [0.2, 0.25) is 0 Å². The summed E-state index contributed by atoms with van der Waals surface area (Å²) >= 11 is 0. The zero-order chi connectivity index (χ0) is 22.8. The SMILES string of the molecule is O=C(Nc1c(C(=O)O)ncn1Cc1ccccc1)OCC1c2ccccc2-c2ccccc21. The Bertz CT molecular complexity index is 1280. The third-order valence-corrected chi connectivity index (χ3v) is 5.80. The van der Waals surface area contributed by atoms with Gasteiger partial charge in [-0.05, 0) is 27.8 Å². The minimum atomic E-state index is -1.23. The number of benzene rings is 3. The van der Waals surface area contributed by atoms with Crippen molar-refractivity contribution in [3.8, 4) is 11.1 Å². The zero-order valence-electron chi connectivity index (χ0n) is 17.6. The normalized spacial score (nSPS) is 12.1. The number of hydrogen-bond donors (Lipinski definition) is 2. The van der Waals surface area contributed by atoms with Crippen LogP contribution in [-0.2, 0) is 11.3 Å². The maximum absolute atomic E-state index is 12.7. The summed E-state index contributed by atoms with van der Waals surface area (Å²) in [6.07, 6.45) is 0.671. The highest BCUT2D eigenvalue weighted by Gasteiger charge is 2.29. The molecule has 1 aliphatic rings.